The second kappa shape index (κ2) is 6.13. The molecule has 0 amide bonds. The minimum Gasteiger partial charge on any atom is -0.229 e. The van der Waals surface area contributed by atoms with Gasteiger partial charge in [-0.3, -0.25) is 0 Å². The van der Waals surface area contributed by atoms with E-state index >= 15 is 0 Å². The number of nitrogens with two attached hydrogens (primary N) is 1. The Balaban J connectivity index is 2.20. The third kappa shape index (κ3) is 4.10. The van der Waals surface area contributed by atoms with Crippen molar-refractivity contribution < 1.29 is 25.3 Å². The van der Waals surface area contributed by atoms with E-state index in [1.54, 1.807) is 0 Å². The first kappa shape index (κ1) is 18.3. The Labute approximate surface area is 136 Å². The third-order valence-electron chi connectivity index (χ3n) is 3.80. The number of nitrogens with zero attached hydrogens (tertiary/aromatic N) is 1. The Kier molecular flexibility index (Phi) is 4.89. The molecule has 1 aromatic carbocycles. The van der Waals surface area contributed by atoms with E-state index in [-0.39, 0.29) is 35.7 Å². The molecule has 0 spiro atoms. The van der Waals surface area contributed by atoms with Crippen molar-refractivity contribution in [2.24, 2.45) is 5.14 Å². The van der Waals surface area contributed by atoms with E-state index in [0.717, 1.165) is 18.4 Å². The summed E-state index contributed by atoms with van der Waals surface area (Å²) < 4.78 is 71.6. The molecule has 1 aliphatic rings. The van der Waals surface area contributed by atoms with Gasteiger partial charge in [0.1, 0.15) is 9.84 Å². The number of piperidine rings is 1. The molecule has 8 nitrogen and oxygen atoms in total. The predicted octanol–water partition coefficient (Wildman–Crippen LogP) is -0.468. The Bertz CT molecular complexity index is 881. The number of hydrogen-bond acceptors (Lipinski definition) is 6. The third-order valence-corrected chi connectivity index (χ3v) is 8.32. The van der Waals surface area contributed by atoms with E-state index in [0.29, 0.717) is 0 Å². The summed E-state index contributed by atoms with van der Waals surface area (Å²) in [5, 5.41) is 4.44. The highest BCUT2D eigenvalue weighted by atomic mass is 32.2. The van der Waals surface area contributed by atoms with Crippen LogP contribution < -0.4 is 5.14 Å². The second-order valence-corrected chi connectivity index (χ2v) is 11.3. The van der Waals surface area contributed by atoms with Gasteiger partial charge in [0.05, 0.1) is 15.0 Å². The molecule has 1 aromatic rings. The Morgan fingerprint density at radius 2 is 1.35 bits per heavy atom. The van der Waals surface area contributed by atoms with E-state index in [9.17, 15) is 25.3 Å². The summed E-state index contributed by atoms with van der Waals surface area (Å²) in [5.74, 6) is 0. The van der Waals surface area contributed by atoms with Crippen LogP contribution in [0.15, 0.2) is 34.1 Å². The number of sulfone groups is 1. The maximum absolute atomic E-state index is 12.5. The lowest BCUT2D eigenvalue weighted by atomic mass is 10.2. The number of rotatable bonds is 4. The molecule has 2 N–H and O–H groups in total. The van der Waals surface area contributed by atoms with Gasteiger partial charge in [0.25, 0.3) is 0 Å². The molecule has 0 bridgehead atoms. The topological polar surface area (TPSA) is 132 Å². The summed E-state index contributed by atoms with van der Waals surface area (Å²) in [6.45, 7) is 0.216. The van der Waals surface area contributed by atoms with Crippen LogP contribution in [0.5, 0.6) is 0 Å². The number of hydrogen-bond donors (Lipinski definition) is 1. The molecule has 0 aromatic heterocycles. The maximum Gasteiger partial charge on any atom is 0.243 e. The summed E-state index contributed by atoms with van der Waals surface area (Å²) in [6.07, 6.45) is 1.63. The number of benzene rings is 1. The fraction of sp³-hybridized carbons (Fsp3) is 0.500. The molecule has 0 saturated carbocycles. The van der Waals surface area contributed by atoms with Gasteiger partial charge in [-0.05, 0) is 37.1 Å². The summed E-state index contributed by atoms with van der Waals surface area (Å²) >= 11 is 0. The smallest absolute Gasteiger partial charge is 0.229 e. The Morgan fingerprint density at radius 1 is 0.913 bits per heavy atom. The van der Waals surface area contributed by atoms with E-state index in [4.69, 9.17) is 5.14 Å². The highest BCUT2D eigenvalue weighted by Gasteiger charge is 2.33. The van der Waals surface area contributed by atoms with E-state index in [2.05, 4.69) is 0 Å². The highest BCUT2D eigenvalue weighted by molar-refractivity contribution is 7.91. The maximum atomic E-state index is 12.5. The second-order valence-electron chi connectivity index (χ2n) is 5.45. The van der Waals surface area contributed by atoms with E-state index < -0.39 is 35.1 Å². The molecule has 23 heavy (non-hydrogen) atoms. The molecular formula is C12H18N2O6S3. The van der Waals surface area contributed by atoms with Gasteiger partial charge < -0.3 is 0 Å². The van der Waals surface area contributed by atoms with Gasteiger partial charge in [-0.25, -0.2) is 30.4 Å². The number of sulfonamides is 2. The standard InChI is InChI=1S/C12H18N2O6S3/c1-21(15,16)10-6-8-14(9-7-10)23(19,20)12-4-2-11(3-5-12)22(13,17)18/h2-5,10H,6-9H2,1H3,(H2,13,17,18). The largest absolute Gasteiger partial charge is 0.243 e. The molecule has 1 heterocycles. The fourth-order valence-corrected chi connectivity index (χ4v) is 5.50. The summed E-state index contributed by atoms with van der Waals surface area (Å²) in [6, 6.07) is 4.62. The van der Waals surface area contributed by atoms with Gasteiger partial charge in [0.2, 0.25) is 20.0 Å². The summed E-state index contributed by atoms with van der Waals surface area (Å²) in [7, 11) is -10.9. The van der Waals surface area contributed by atoms with Gasteiger partial charge in [-0.15, -0.1) is 0 Å². The van der Waals surface area contributed by atoms with Gasteiger partial charge in [-0.2, -0.15) is 4.31 Å². The van der Waals surface area contributed by atoms with Crippen molar-refractivity contribution in [1.29, 1.82) is 0 Å². The zero-order valence-corrected chi connectivity index (χ0v) is 14.9. The van der Waals surface area contributed by atoms with E-state index in [1.807, 2.05) is 0 Å². The first-order valence-corrected chi connectivity index (χ1v) is 11.7. The molecular weight excluding hydrogens is 364 g/mol. The normalized spacial score (nSPS) is 18.9. The van der Waals surface area contributed by atoms with Crippen molar-refractivity contribution in [2.75, 3.05) is 19.3 Å². The van der Waals surface area contributed by atoms with Crippen molar-refractivity contribution in [3.05, 3.63) is 24.3 Å². The van der Waals surface area contributed by atoms with Crippen molar-refractivity contribution in [1.82, 2.24) is 4.31 Å². The van der Waals surface area contributed by atoms with Crippen LogP contribution in [0.3, 0.4) is 0 Å². The molecule has 2 rings (SSSR count). The Morgan fingerprint density at radius 3 is 1.74 bits per heavy atom. The predicted molar refractivity (Wildman–Crippen MR) is 84.4 cm³/mol. The number of primary sulfonamides is 1. The van der Waals surface area contributed by atoms with Crippen LogP contribution in [0.25, 0.3) is 0 Å². The first-order chi connectivity index (χ1) is 10.4. The fourth-order valence-electron chi connectivity index (χ4n) is 2.45. The van der Waals surface area contributed by atoms with Gasteiger partial charge in [0, 0.05) is 19.3 Å². The monoisotopic (exact) mass is 382 g/mol. The van der Waals surface area contributed by atoms with Crippen molar-refractivity contribution >= 4 is 29.9 Å². The average Bonchev–Trinajstić information content (AvgIpc) is 2.46. The zero-order chi connectivity index (χ0) is 17.5. The van der Waals surface area contributed by atoms with Crippen LogP contribution in [-0.2, 0) is 29.9 Å². The zero-order valence-electron chi connectivity index (χ0n) is 12.4. The van der Waals surface area contributed by atoms with Crippen LogP contribution in [-0.4, -0.2) is 54.2 Å². The quantitative estimate of drug-likeness (QED) is 0.749. The Hall–Kier alpha value is -1.01. The lowest BCUT2D eigenvalue weighted by molar-refractivity contribution is 0.346. The minimum absolute atomic E-state index is 0.0531. The molecule has 0 radical (unpaired) electrons. The first-order valence-electron chi connectivity index (χ1n) is 6.74. The summed E-state index contributed by atoms with van der Waals surface area (Å²) in [5.41, 5.74) is 0. The lowest BCUT2D eigenvalue weighted by Gasteiger charge is -2.30. The van der Waals surface area contributed by atoms with Crippen LogP contribution in [0.2, 0.25) is 0 Å². The molecule has 0 aliphatic carbocycles. The van der Waals surface area contributed by atoms with Gasteiger partial charge in [0.15, 0.2) is 0 Å². The molecule has 0 unspecified atom stereocenters. The van der Waals surface area contributed by atoms with Crippen molar-refractivity contribution in [3.8, 4) is 0 Å². The van der Waals surface area contributed by atoms with Crippen molar-refractivity contribution in [3.63, 3.8) is 0 Å². The molecule has 1 fully saturated rings. The lowest BCUT2D eigenvalue weighted by Crippen LogP contribution is -2.42. The van der Waals surface area contributed by atoms with Gasteiger partial charge >= 0.3 is 0 Å². The van der Waals surface area contributed by atoms with E-state index in [1.165, 1.54) is 16.4 Å². The molecule has 1 saturated heterocycles. The minimum atomic E-state index is -3.89. The van der Waals surface area contributed by atoms with Crippen LogP contribution in [0, 0.1) is 0 Å². The van der Waals surface area contributed by atoms with Crippen LogP contribution in [0.1, 0.15) is 12.8 Å². The average molecular weight is 382 g/mol. The van der Waals surface area contributed by atoms with Crippen molar-refractivity contribution in [2.45, 2.75) is 27.9 Å². The molecule has 130 valence electrons. The molecule has 0 atom stereocenters. The highest BCUT2D eigenvalue weighted by Crippen LogP contribution is 2.24. The van der Waals surface area contributed by atoms with Gasteiger partial charge in [-0.1, -0.05) is 0 Å². The van der Waals surface area contributed by atoms with Crippen LogP contribution >= 0.6 is 0 Å². The summed E-state index contributed by atoms with van der Waals surface area (Å²) in [4.78, 5) is -0.227. The molecule has 1 aliphatic heterocycles. The molecule has 11 heteroatoms. The van der Waals surface area contributed by atoms with Crippen LogP contribution in [0.4, 0.5) is 0 Å². The SMILES string of the molecule is CS(=O)(=O)C1CCN(S(=O)(=O)c2ccc(S(N)(=O)=O)cc2)CC1.